The lowest BCUT2D eigenvalue weighted by atomic mass is 10.2. The van der Waals surface area contributed by atoms with Crippen LogP contribution < -0.4 is 20.1 Å². The second-order valence-electron chi connectivity index (χ2n) is 8.67. The van der Waals surface area contributed by atoms with Gasteiger partial charge in [0.15, 0.2) is 11.6 Å². The van der Waals surface area contributed by atoms with Gasteiger partial charge in [0.1, 0.15) is 11.5 Å². The number of anilines is 4. The highest BCUT2D eigenvalue weighted by molar-refractivity contribution is 7.92. The van der Waals surface area contributed by atoms with Crippen molar-refractivity contribution in [2.45, 2.75) is 4.90 Å². The summed E-state index contributed by atoms with van der Waals surface area (Å²) in [5.74, 6) is -0.235. The first-order valence-electron chi connectivity index (χ1n) is 11.9. The van der Waals surface area contributed by atoms with Crippen LogP contribution in [0.2, 0.25) is 10.0 Å². The van der Waals surface area contributed by atoms with Crippen LogP contribution in [0.3, 0.4) is 0 Å². The summed E-state index contributed by atoms with van der Waals surface area (Å²) in [5, 5.41) is 16.2. The number of benzene rings is 4. The maximum atomic E-state index is 13.5. The predicted octanol–water partition coefficient (Wildman–Crippen LogP) is 6.45. The van der Waals surface area contributed by atoms with E-state index in [4.69, 9.17) is 27.9 Å². The minimum atomic E-state index is -4.22. The van der Waals surface area contributed by atoms with Gasteiger partial charge in [0.25, 0.3) is 15.9 Å². The van der Waals surface area contributed by atoms with Crippen LogP contribution in [0, 0.1) is 0 Å². The zero-order chi connectivity index (χ0) is 29.1. The van der Waals surface area contributed by atoms with Gasteiger partial charge in [-0.15, -0.1) is 0 Å². The SMILES string of the molecule is COc1cc(O)cc(Nc2nc3ccccc3nc2NS(=O)(=O)c2cccc(NC(=O)c3ccc(Cl)cc3Cl)c2)c1. The van der Waals surface area contributed by atoms with E-state index in [1.807, 2.05) is 0 Å². The highest BCUT2D eigenvalue weighted by atomic mass is 35.5. The van der Waals surface area contributed by atoms with Gasteiger partial charge in [0.05, 0.1) is 33.6 Å². The van der Waals surface area contributed by atoms with Gasteiger partial charge in [0.2, 0.25) is 0 Å². The van der Waals surface area contributed by atoms with Gasteiger partial charge in [0, 0.05) is 34.6 Å². The number of methoxy groups -OCH3 is 1. The Hall–Kier alpha value is -4.58. The van der Waals surface area contributed by atoms with Gasteiger partial charge in [-0.25, -0.2) is 18.4 Å². The summed E-state index contributed by atoms with van der Waals surface area (Å²) < 4.78 is 34.6. The van der Waals surface area contributed by atoms with E-state index in [1.54, 1.807) is 36.4 Å². The molecule has 0 spiro atoms. The lowest BCUT2D eigenvalue weighted by Gasteiger charge is -2.15. The first kappa shape index (κ1) is 28.0. The Labute approximate surface area is 245 Å². The number of hydrogen-bond acceptors (Lipinski definition) is 8. The maximum Gasteiger partial charge on any atom is 0.263 e. The van der Waals surface area contributed by atoms with Crippen LogP contribution in [0.4, 0.5) is 23.0 Å². The fraction of sp³-hybridized carbons (Fsp3) is 0.0357. The molecule has 1 heterocycles. The highest BCUT2D eigenvalue weighted by Crippen LogP contribution is 2.31. The van der Waals surface area contributed by atoms with Gasteiger partial charge >= 0.3 is 0 Å². The Kier molecular flexibility index (Phi) is 7.84. The number of carbonyl (C=O) groups excluding carboxylic acids is 1. The molecular formula is C28H21Cl2N5O5S. The molecule has 0 unspecified atom stereocenters. The molecule has 1 amide bonds. The highest BCUT2D eigenvalue weighted by Gasteiger charge is 2.21. The summed E-state index contributed by atoms with van der Waals surface area (Å²) in [4.78, 5) is 21.6. The number of carbonyl (C=O) groups is 1. The van der Waals surface area contributed by atoms with Gasteiger partial charge in [-0.2, -0.15) is 0 Å². The monoisotopic (exact) mass is 609 g/mol. The zero-order valence-corrected chi connectivity index (χ0v) is 23.6. The number of halogens is 2. The Morgan fingerprint density at radius 3 is 2.29 bits per heavy atom. The molecule has 41 heavy (non-hydrogen) atoms. The van der Waals surface area contributed by atoms with Gasteiger partial charge < -0.3 is 20.5 Å². The van der Waals surface area contributed by atoms with Crippen molar-refractivity contribution >= 4 is 73.2 Å². The number of ether oxygens (including phenoxy) is 1. The third-order valence-electron chi connectivity index (χ3n) is 5.77. The number of rotatable bonds is 8. The molecule has 0 radical (unpaired) electrons. The average Bonchev–Trinajstić information content (AvgIpc) is 2.93. The van der Waals surface area contributed by atoms with Crippen LogP contribution in [0.5, 0.6) is 11.5 Å². The summed E-state index contributed by atoms with van der Waals surface area (Å²) in [7, 11) is -2.76. The lowest BCUT2D eigenvalue weighted by Crippen LogP contribution is -2.17. The molecule has 5 rings (SSSR count). The van der Waals surface area contributed by atoms with Gasteiger partial charge in [-0.3, -0.25) is 9.52 Å². The first-order chi connectivity index (χ1) is 19.6. The van der Waals surface area contributed by atoms with Crippen molar-refractivity contribution in [3.05, 3.63) is 101 Å². The van der Waals surface area contributed by atoms with E-state index in [-0.39, 0.29) is 38.6 Å². The Bertz CT molecular complexity index is 1900. The number of hydrogen-bond donors (Lipinski definition) is 4. The number of phenols is 1. The van der Waals surface area contributed by atoms with Crippen LogP contribution >= 0.6 is 23.2 Å². The molecule has 208 valence electrons. The molecule has 0 aliphatic rings. The van der Waals surface area contributed by atoms with Crippen molar-refractivity contribution in [1.29, 1.82) is 0 Å². The number of phenolic OH excluding ortho intramolecular Hbond substituents is 1. The van der Waals surface area contributed by atoms with Gasteiger partial charge in [-0.1, -0.05) is 41.4 Å². The summed E-state index contributed by atoms with van der Waals surface area (Å²) in [6.45, 7) is 0. The molecule has 4 aromatic carbocycles. The molecule has 13 heteroatoms. The summed E-state index contributed by atoms with van der Waals surface area (Å²) in [5.41, 5.74) is 1.74. The number of nitrogens with zero attached hydrogens (tertiary/aromatic N) is 2. The molecule has 0 aliphatic carbocycles. The Morgan fingerprint density at radius 2 is 1.59 bits per heavy atom. The first-order valence-corrected chi connectivity index (χ1v) is 14.2. The molecule has 0 fully saturated rings. The van der Waals surface area contributed by atoms with Crippen molar-refractivity contribution in [3.8, 4) is 11.5 Å². The van der Waals surface area contributed by atoms with E-state index in [1.165, 1.54) is 55.6 Å². The standard InChI is InChI=1S/C28H21Cl2N5O5S/c1-40-20-13-18(12-19(36)15-20)31-26-27(34-25-8-3-2-7-24(25)33-26)35-41(38,39)21-6-4-5-17(14-21)32-28(37)22-10-9-16(29)11-23(22)30/h2-15,36H,1H3,(H,31,33)(H,32,37)(H,34,35). The molecule has 4 N–H and O–H groups in total. The van der Waals surface area contributed by atoms with E-state index >= 15 is 0 Å². The third kappa shape index (κ3) is 6.43. The second kappa shape index (κ2) is 11.5. The number of aromatic hydroxyl groups is 1. The van der Waals surface area contributed by atoms with Crippen molar-refractivity contribution in [1.82, 2.24) is 9.97 Å². The van der Waals surface area contributed by atoms with Crippen molar-refractivity contribution in [2.75, 3.05) is 22.5 Å². The smallest absolute Gasteiger partial charge is 0.263 e. The summed E-state index contributed by atoms with van der Waals surface area (Å²) in [6, 6.07) is 21.5. The van der Waals surface area contributed by atoms with Crippen molar-refractivity contribution in [2.24, 2.45) is 0 Å². The van der Waals surface area contributed by atoms with Crippen LogP contribution in [-0.4, -0.2) is 36.5 Å². The molecule has 0 aliphatic heterocycles. The third-order valence-corrected chi connectivity index (χ3v) is 7.65. The second-order valence-corrected chi connectivity index (χ2v) is 11.2. The quantitative estimate of drug-likeness (QED) is 0.157. The fourth-order valence-corrected chi connectivity index (χ4v) is 5.42. The van der Waals surface area contributed by atoms with Crippen LogP contribution in [-0.2, 0) is 10.0 Å². The summed E-state index contributed by atoms with van der Waals surface area (Å²) in [6.07, 6.45) is 0. The number of para-hydroxylation sites is 2. The normalized spacial score (nSPS) is 11.2. The molecule has 0 atom stereocenters. The van der Waals surface area contributed by atoms with E-state index in [2.05, 4.69) is 25.3 Å². The zero-order valence-electron chi connectivity index (χ0n) is 21.2. The Balaban J connectivity index is 1.46. The van der Waals surface area contributed by atoms with Crippen molar-refractivity contribution < 1.29 is 23.1 Å². The number of fused-ring (bicyclic) bond motifs is 1. The van der Waals surface area contributed by atoms with E-state index in [0.29, 0.717) is 27.5 Å². The Morgan fingerprint density at radius 1 is 0.854 bits per heavy atom. The fourth-order valence-electron chi connectivity index (χ4n) is 3.87. The number of aromatic nitrogens is 2. The lowest BCUT2D eigenvalue weighted by molar-refractivity contribution is 0.102. The number of sulfonamides is 1. The molecule has 0 saturated heterocycles. The van der Waals surface area contributed by atoms with E-state index < -0.39 is 15.9 Å². The van der Waals surface area contributed by atoms with Crippen LogP contribution in [0.1, 0.15) is 10.4 Å². The largest absolute Gasteiger partial charge is 0.508 e. The average molecular weight is 610 g/mol. The molecule has 10 nitrogen and oxygen atoms in total. The molecular weight excluding hydrogens is 589 g/mol. The number of nitrogens with one attached hydrogen (secondary N) is 3. The minimum Gasteiger partial charge on any atom is -0.508 e. The topological polar surface area (TPSA) is 143 Å². The molecule has 0 bridgehead atoms. The molecule has 5 aromatic rings. The van der Waals surface area contributed by atoms with E-state index in [9.17, 15) is 18.3 Å². The van der Waals surface area contributed by atoms with Crippen LogP contribution in [0.25, 0.3) is 11.0 Å². The number of amides is 1. The maximum absolute atomic E-state index is 13.5. The molecule has 1 aromatic heterocycles. The summed E-state index contributed by atoms with van der Waals surface area (Å²) >= 11 is 12.0. The van der Waals surface area contributed by atoms with Crippen LogP contribution in [0.15, 0.2) is 89.8 Å². The van der Waals surface area contributed by atoms with Gasteiger partial charge in [-0.05, 0) is 48.5 Å². The van der Waals surface area contributed by atoms with E-state index in [0.717, 1.165) is 0 Å². The predicted molar refractivity (Wildman–Crippen MR) is 159 cm³/mol. The van der Waals surface area contributed by atoms with Crippen molar-refractivity contribution in [3.63, 3.8) is 0 Å². The molecule has 0 saturated carbocycles. The minimum absolute atomic E-state index is 0.0681.